The zero-order chi connectivity index (χ0) is 6.69. The molecule has 0 saturated carbocycles. The van der Waals surface area contributed by atoms with Gasteiger partial charge in [0, 0.05) is 12.8 Å². The largest absolute Gasteiger partial charge is 0.353 e. The van der Waals surface area contributed by atoms with Crippen molar-refractivity contribution >= 4 is 0 Å². The second kappa shape index (κ2) is 3.18. The third-order valence-corrected chi connectivity index (χ3v) is 2.43. The van der Waals surface area contributed by atoms with Gasteiger partial charge in [-0.3, -0.25) is 0 Å². The number of quaternary nitrogens is 2. The van der Waals surface area contributed by atoms with E-state index >= 15 is 0 Å². The average molecular weight is 130 g/mol. The quantitative estimate of drug-likeness (QED) is 0.446. The van der Waals surface area contributed by atoms with Gasteiger partial charge in [0.1, 0.15) is 12.6 Å². The predicted molar refractivity (Wildman–Crippen MR) is 37.1 cm³/mol. The zero-order valence-corrected chi connectivity index (χ0v) is 6.32. The van der Waals surface area contributed by atoms with Gasteiger partial charge in [-0.15, -0.1) is 0 Å². The van der Waals surface area contributed by atoms with Crippen molar-refractivity contribution in [3.8, 4) is 0 Å². The summed E-state index contributed by atoms with van der Waals surface area (Å²) in [5.74, 6) is 0. The minimum Gasteiger partial charge on any atom is -0.353 e. The Bertz CT molecular complexity index is 73.0. The fourth-order valence-corrected chi connectivity index (χ4v) is 1.80. The molecule has 1 aliphatic heterocycles. The highest BCUT2D eigenvalue weighted by Crippen LogP contribution is 1.96. The Hall–Kier alpha value is -0.0800. The van der Waals surface area contributed by atoms with Crippen LogP contribution in [0.5, 0.6) is 0 Å². The molecule has 9 heavy (non-hydrogen) atoms. The molecule has 0 spiro atoms. The highest BCUT2D eigenvalue weighted by molar-refractivity contribution is 4.58. The topological polar surface area (TPSA) is 32.1 Å². The van der Waals surface area contributed by atoms with Gasteiger partial charge in [0.05, 0.1) is 13.1 Å². The summed E-state index contributed by atoms with van der Waals surface area (Å²) in [5, 5.41) is 0. The SMILES string of the molecule is CC[NH+]1CCC[C@H]1C[NH3+]. The minimum atomic E-state index is 0.884. The van der Waals surface area contributed by atoms with Gasteiger partial charge in [-0.2, -0.15) is 0 Å². The van der Waals surface area contributed by atoms with Crippen LogP contribution in [0.3, 0.4) is 0 Å². The van der Waals surface area contributed by atoms with E-state index in [2.05, 4.69) is 12.7 Å². The van der Waals surface area contributed by atoms with Crippen LogP contribution in [-0.4, -0.2) is 25.7 Å². The van der Waals surface area contributed by atoms with Gasteiger partial charge in [0.2, 0.25) is 0 Å². The Kier molecular flexibility index (Phi) is 2.49. The van der Waals surface area contributed by atoms with Crippen LogP contribution in [0.25, 0.3) is 0 Å². The molecule has 0 aliphatic carbocycles. The van der Waals surface area contributed by atoms with Crippen molar-refractivity contribution < 1.29 is 10.6 Å². The molecule has 0 aromatic carbocycles. The van der Waals surface area contributed by atoms with Gasteiger partial charge >= 0.3 is 0 Å². The van der Waals surface area contributed by atoms with E-state index in [-0.39, 0.29) is 0 Å². The van der Waals surface area contributed by atoms with Crippen LogP contribution in [0.4, 0.5) is 0 Å². The van der Waals surface area contributed by atoms with Gasteiger partial charge < -0.3 is 10.6 Å². The van der Waals surface area contributed by atoms with E-state index in [4.69, 9.17) is 0 Å². The molecule has 0 bridgehead atoms. The van der Waals surface area contributed by atoms with Gasteiger partial charge in [-0.05, 0) is 6.92 Å². The minimum absolute atomic E-state index is 0.884. The summed E-state index contributed by atoms with van der Waals surface area (Å²) >= 11 is 0. The van der Waals surface area contributed by atoms with Gasteiger partial charge in [0.15, 0.2) is 0 Å². The second-order valence-corrected chi connectivity index (χ2v) is 2.89. The van der Waals surface area contributed by atoms with Crippen molar-refractivity contribution in [1.82, 2.24) is 0 Å². The van der Waals surface area contributed by atoms with E-state index in [1.54, 1.807) is 4.90 Å². The number of rotatable bonds is 2. The van der Waals surface area contributed by atoms with Crippen LogP contribution in [0.15, 0.2) is 0 Å². The maximum atomic E-state index is 3.95. The first-order valence-electron chi connectivity index (χ1n) is 4.02. The highest BCUT2D eigenvalue weighted by Gasteiger charge is 2.26. The predicted octanol–water partition coefficient (Wildman–Crippen LogP) is -1.70. The van der Waals surface area contributed by atoms with E-state index in [1.165, 1.54) is 25.9 Å². The molecule has 2 heteroatoms. The van der Waals surface area contributed by atoms with Gasteiger partial charge in [-0.25, -0.2) is 0 Å². The van der Waals surface area contributed by atoms with Gasteiger partial charge in [0.25, 0.3) is 0 Å². The van der Waals surface area contributed by atoms with Crippen LogP contribution in [0.1, 0.15) is 19.8 Å². The normalized spacial score (nSPS) is 35.3. The molecule has 2 atom stereocenters. The van der Waals surface area contributed by atoms with Crippen LogP contribution < -0.4 is 10.6 Å². The van der Waals surface area contributed by atoms with Crippen molar-refractivity contribution in [2.45, 2.75) is 25.8 Å². The molecule has 1 unspecified atom stereocenters. The van der Waals surface area contributed by atoms with Crippen molar-refractivity contribution in [2.24, 2.45) is 0 Å². The highest BCUT2D eigenvalue weighted by atomic mass is 15.2. The monoisotopic (exact) mass is 130 g/mol. The van der Waals surface area contributed by atoms with Crippen molar-refractivity contribution in [1.29, 1.82) is 0 Å². The van der Waals surface area contributed by atoms with Crippen LogP contribution in [0.2, 0.25) is 0 Å². The molecular formula is C7H18N2+2. The summed E-state index contributed by atoms with van der Waals surface area (Å²) in [7, 11) is 0. The fourth-order valence-electron chi connectivity index (χ4n) is 1.80. The smallest absolute Gasteiger partial charge is 0.137 e. The standard InChI is InChI=1S/C7H16N2/c1-2-9-5-3-4-7(9)6-8/h7H,2-6,8H2,1H3/p+2/t7-/m0/s1. The lowest BCUT2D eigenvalue weighted by Crippen LogP contribution is -3.15. The summed E-state index contributed by atoms with van der Waals surface area (Å²) in [6, 6.07) is 0.884. The third-order valence-electron chi connectivity index (χ3n) is 2.43. The zero-order valence-electron chi connectivity index (χ0n) is 6.32. The first-order valence-corrected chi connectivity index (χ1v) is 4.02. The first-order chi connectivity index (χ1) is 4.38. The Morgan fingerprint density at radius 3 is 2.89 bits per heavy atom. The lowest BCUT2D eigenvalue weighted by molar-refractivity contribution is -0.916. The molecule has 1 rings (SSSR count). The van der Waals surface area contributed by atoms with Crippen molar-refractivity contribution in [3.05, 3.63) is 0 Å². The molecule has 0 aromatic rings. The lowest BCUT2D eigenvalue weighted by Gasteiger charge is -2.15. The van der Waals surface area contributed by atoms with Crippen LogP contribution in [0, 0.1) is 0 Å². The molecule has 1 heterocycles. The summed E-state index contributed by atoms with van der Waals surface area (Å²) in [5.41, 5.74) is 3.95. The maximum Gasteiger partial charge on any atom is 0.137 e. The van der Waals surface area contributed by atoms with E-state index in [0.717, 1.165) is 12.6 Å². The van der Waals surface area contributed by atoms with Crippen molar-refractivity contribution in [3.63, 3.8) is 0 Å². The third kappa shape index (κ3) is 1.43. The number of likely N-dealkylation sites (tertiary alicyclic amines) is 1. The molecule has 0 amide bonds. The lowest BCUT2D eigenvalue weighted by atomic mass is 10.2. The van der Waals surface area contributed by atoms with Gasteiger partial charge in [-0.1, -0.05) is 0 Å². The number of likely N-dealkylation sites (N-methyl/N-ethyl adjacent to an activating group) is 1. The molecule has 4 N–H and O–H groups in total. The summed E-state index contributed by atoms with van der Waals surface area (Å²) < 4.78 is 0. The Labute approximate surface area is 57.0 Å². The number of nitrogens with one attached hydrogen (secondary N) is 1. The molecule has 1 aliphatic rings. The summed E-state index contributed by atoms with van der Waals surface area (Å²) in [6.45, 7) is 6.07. The molecule has 54 valence electrons. The van der Waals surface area contributed by atoms with E-state index in [9.17, 15) is 0 Å². The number of hydrogen-bond acceptors (Lipinski definition) is 0. The Morgan fingerprint density at radius 1 is 1.67 bits per heavy atom. The Balaban J connectivity index is 2.32. The summed E-state index contributed by atoms with van der Waals surface area (Å²) in [6.07, 6.45) is 2.83. The molecule has 1 fully saturated rings. The molecule has 0 radical (unpaired) electrons. The molecular weight excluding hydrogens is 112 g/mol. The first kappa shape index (κ1) is 7.03. The molecule has 0 aromatic heterocycles. The second-order valence-electron chi connectivity index (χ2n) is 2.89. The fraction of sp³-hybridized carbons (Fsp3) is 1.00. The Morgan fingerprint density at radius 2 is 2.44 bits per heavy atom. The molecule has 1 saturated heterocycles. The van der Waals surface area contributed by atoms with Crippen molar-refractivity contribution in [2.75, 3.05) is 19.6 Å². The van der Waals surface area contributed by atoms with E-state index in [0.29, 0.717) is 0 Å². The van der Waals surface area contributed by atoms with E-state index < -0.39 is 0 Å². The average Bonchev–Trinajstić information content (AvgIpc) is 2.33. The maximum absolute atomic E-state index is 3.95. The van der Waals surface area contributed by atoms with Crippen LogP contribution in [-0.2, 0) is 0 Å². The molecule has 2 nitrogen and oxygen atoms in total. The van der Waals surface area contributed by atoms with Crippen LogP contribution >= 0.6 is 0 Å². The van der Waals surface area contributed by atoms with E-state index in [1.807, 2.05) is 0 Å². The summed E-state index contributed by atoms with van der Waals surface area (Å²) in [4.78, 5) is 1.77. The number of hydrogen-bond donors (Lipinski definition) is 2.